The lowest BCUT2D eigenvalue weighted by Crippen LogP contribution is -2.02. The van der Waals surface area contributed by atoms with Crippen LogP contribution in [0.4, 0.5) is 5.69 Å². The first-order valence-electron chi connectivity index (χ1n) is 23.7. The number of aryl methyl sites for hydroxylation is 4. The minimum absolute atomic E-state index is 0.509. The average molecular weight is 895 g/mol. The molecule has 0 aliphatic heterocycles. The Hall–Kier alpha value is -9.22. The zero-order valence-corrected chi connectivity index (χ0v) is 39.4. The molecule has 4 heteroatoms. The van der Waals surface area contributed by atoms with Gasteiger partial charge in [0, 0.05) is 32.8 Å². The van der Waals surface area contributed by atoms with Crippen LogP contribution in [0.25, 0.3) is 115 Å². The Morgan fingerprint density at radius 3 is 1.04 bits per heavy atom. The summed E-state index contributed by atoms with van der Waals surface area (Å²) in [5, 5.41) is 14.8. The van der Waals surface area contributed by atoms with Gasteiger partial charge in [0.15, 0.2) is 0 Å². The highest BCUT2D eigenvalue weighted by molar-refractivity contribution is 6.14. The Kier molecular flexibility index (Phi) is 10.1. The van der Waals surface area contributed by atoms with Crippen LogP contribution in [0.2, 0.25) is 0 Å². The van der Waals surface area contributed by atoms with E-state index >= 15 is 0 Å². The quantitative estimate of drug-likeness (QED) is 0.147. The van der Waals surface area contributed by atoms with Crippen LogP contribution in [-0.4, -0.2) is 9.13 Å². The highest BCUT2D eigenvalue weighted by atomic mass is 15.0. The monoisotopic (exact) mass is 894 g/mol. The molecular formula is C66H46N4. The normalized spacial score (nSPS) is 11.4. The molecule has 2 aromatic heterocycles. The van der Waals surface area contributed by atoms with Gasteiger partial charge in [0.2, 0.25) is 5.69 Å². The highest BCUT2D eigenvalue weighted by Gasteiger charge is 2.23. The van der Waals surface area contributed by atoms with Crippen LogP contribution in [-0.2, 0) is 0 Å². The first-order chi connectivity index (χ1) is 34.2. The maximum Gasteiger partial charge on any atom is 0.212 e. The Bertz CT molecular complexity index is 3930. The lowest BCUT2D eigenvalue weighted by molar-refractivity contribution is 1.15. The largest absolute Gasteiger partial charge is 0.319 e. The fourth-order valence-corrected chi connectivity index (χ4v) is 10.3. The summed E-state index contributed by atoms with van der Waals surface area (Å²) in [6, 6.07) is 76.2. The Balaban J connectivity index is 1.19. The molecule has 0 atom stereocenters. The van der Waals surface area contributed by atoms with Crippen LogP contribution in [0, 0.1) is 45.6 Å². The maximum absolute atomic E-state index is 10.4. The van der Waals surface area contributed by atoms with Crippen molar-refractivity contribution in [2.24, 2.45) is 0 Å². The third-order valence-corrected chi connectivity index (χ3v) is 14.1. The summed E-state index contributed by atoms with van der Waals surface area (Å²) in [6.45, 7) is 17.5. The molecule has 0 fully saturated rings. The lowest BCUT2D eigenvalue weighted by Gasteiger charge is -2.20. The molecule has 330 valence electrons. The number of hydrogen-bond acceptors (Lipinski definition) is 1. The Morgan fingerprint density at radius 2 is 0.700 bits per heavy atom. The predicted octanol–water partition coefficient (Wildman–Crippen LogP) is 17.9. The molecule has 0 N–H and O–H groups in total. The van der Waals surface area contributed by atoms with Crippen molar-refractivity contribution >= 4 is 49.3 Å². The number of hydrogen-bond donors (Lipinski definition) is 0. The van der Waals surface area contributed by atoms with Crippen LogP contribution in [0.1, 0.15) is 27.8 Å². The number of fused-ring (bicyclic) bond motifs is 6. The first kappa shape index (κ1) is 42.2. The summed E-state index contributed by atoms with van der Waals surface area (Å²) in [5.41, 5.74) is 22.3. The van der Waals surface area contributed by atoms with Gasteiger partial charge in [-0.1, -0.05) is 180 Å². The summed E-state index contributed by atoms with van der Waals surface area (Å²) >= 11 is 0. The molecular weight excluding hydrogens is 849 g/mol. The first-order valence-corrected chi connectivity index (χ1v) is 23.7. The minimum atomic E-state index is 0.509. The molecule has 0 spiro atoms. The van der Waals surface area contributed by atoms with Gasteiger partial charge in [0.1, 0.15) is 0 Å². The molecule has 0 saturated heterocycles. The van der Waals surface area contributed by atoms with Gasteiger partial charge in [-0.3, -0.25) is 0 Å². The molecule has 0 bridgehead atoms. The van der Waals surface area contributed by atoms with Crippen LogP contribution in [0.3, 0.4) is 0 Å². The van der Waals surface area contributed by atoms with Crippen molar-refractivity contribution < 1.29 is 0 Å². The maximum atomic E-state index is 10.4. The second-order valence-electron chi connectivity index (χ2n) is 18.7. The SMILES string of the molecule is [C-]#[N+]c1cc(-n2c3cc(-c4ccc(C)cc4)ccc3c3ccc(-c4ccc(C)cc4)cc32)c(-c2cccc(C#N)c2)cc1-n1c2cc(-c3ccc(C)cc3)ccc2c2ccc(-c3ccc(C)cc3)cc21. The van der Waals surface area contributed by atoms with Gasteiger partial charge in [-0.05, 0) is 126 Å². The second kappa shape index (κ2) is 16.8. The van der Waals surface area contributed by atoms with Crippen molar-refractivity contribution in [1.29, 1.82) is 5.26 Å². The van der Waals surface area contributed by atoms with Gasteiger partial charge in [-0.2, -0.15) is 5.26 Å². The third-order valence-electron chi connectivity index (χ3n) is 14.1. The van der Waals surface area contributed by atoms with Crippen LogP contribution in [0.15, 0.2) is 206 Å². The third kappa shape index (κ3) is 7.23. The molecule has 0 amide bonds. The highest BCUT2D eigenvalue weighted by Crippen LogP contribution is 2.45. The van der Waals surface area contributed by atoms with Gasteiger partial charge in [-0.15, -0.1) is 0 Å². The van der Waals surface area contributed by atoms with Gasteiger partial charge in [0.05, 0.1) is 46.0 Å². The number of benzene rings is 10. The molecule has 12 aromatic rings. The van der Waals surface area contributed by atoms with E-state index in [1.807, 2.05) is 18.2 Å². The fourth-order valence-electron chi connectivity index (χ4n) is 10.3. The zero-order valence-electron chi connectivity index (χ0n) is 39.4. The summed E-state index contributed by atoms with van der Waals surface area (Å²) in [7, 11) is 0. The van der Waals surface area contributed by atoms with Crippen molar-refractivity contribution in [3.63, 3.8) is 0 Å². The Morgan fingerprint density at radius 1 is 0.357 bits per heavy atom. The molecule has 12 rings (SSSR count). The fraction of sp³-hybridized carbons (Fsp3) is 0.0606. The van der Waals surface area contributed by atoms with E-state index < -0.39 is 0 Å². The van der Waals surface area contributed by atoms with E-state index in [1.165, 1.54) is 22.3 Å². The molecule has 10 aromatic carbocycles. The van der Waals surface area contributed by atoms with Crippen molar-refractivity contribution in [1.82, 2.24) is 9.13 Å². The van der Waals surface area contributed by atoms with Crippen molar-refractivity contribution in [2.45, 2.75) is 27.7 Å². The van der Waals surface area contributed by atoms with Crippen molar-refractivity contribution in [3.8, 4) is 73.1 Å². The van der Waals surface area contributed by atoms with E-state index in [-0.39, 0.29) is 0 Å². The lowest BCUT2D eigenvalue weighted by atomic mass is 9.99. The number of nitriles is 1. The Labute approximate surface area is 408 Å². The second-order valence-corrected chi connectivity index (χ2v) is 18.7. The molecule has 0 aliphatic rings. The summed E-state index contributed by atoms with van der Waals surface area (Å²) in [4.78, 5) is 4.43. The van der Waals surface area contributed by atoms with Crippen LogP contribution in [0.5, 0.6) is 0 Å². The predicted molar refractivity (Wildman–Crippen MR) is 292 cm³/mol. The van der Waals surface area contributed by atoms with Crippen LogP contribution < -0.4 is 0 Å². The number of aromatic nitrogens is 2. The average Bonchev–Trinajstić information content (AvgIpc) is 3.90. The van der Waals surface area contributed by atoms with E-state index in [4.69, 9.17) is 6.57 Å². The molecule has 0 radical (unpaired) electrons. The van der Waals surface area contributed by atoms with E-state index in [9.17, 15) is 5.26 Å². The van der Waals surface area contributed by atoms with E-state index in [2.05, 4.69) is 236 Å². The standard InChI is InChI=1S/C66H46N4/c1-41-9-17-46(18-10-41)50-25-29-55-56-30-26-51(47-19-11-42(2)12-20-47)35-62(56)69(61(55)34-50)65-39-60(68-5)66(38-59(65)54-8-6-7-45(33-54)40-67)70-63-36-52(48-21-13-43(3)14-22-48)27-31-57(63)58-32-28-53(37-64(58)70)49-23-15-44(4)16-24-49/h6-39H,1-4H3. The number of nitrogens with zero attached hydrogens (tertiary/aromatic N) is 4. The van der Waals surface area contributed by atoms with E-state index in [1.54, 1.807) is 0 Å². The van der Waals surface area contributed by atoms with E-state index in [0.29, 0.717) is 11.3 Å². The summed E-state index contributed by atoms with van der Waals surface area (Å²) < 4.78 is 4.65. The molecule has 4 nitrogen and oxygen atoms in total. The summed E-state index contributed by atoms with van der Waals surface area (Å²) in [6.07, 6.45) is 0. The molecule has 70 heavy (non-hydrogen) atoms. The smallest absolute Gasteiger partial charge is 0.212 e. The van der Waals surface area contributed by atoms with Gasteiger partial charge >= 0.3 is 0 Å². The summed E-state index contributed by atoms with van der Waals surface area (Å²) in [5.74, 6) is 0. The zero-order chi connectivity index (χ0) is 47.6. The van der Waals surface area contributed by atoms with E-state index in [0.717, 1.165) is 111 Å². The van der Waals surface area contributed by atoms with Gasteiger partial charge in [0.25, 0.3) is 0 Å². The molecule has 0 saturated carbocycles. The number of rotatable bonds is 7. The molecule has 0 unspecified atom stereocenters. The van der Waals surface area contributed by atoms with Gasteiger partial charge < -0.3 is 9.13 Å². The molecule has 2 heterocycles. The van der Waals surface area contributed by atoms with Crippen molar-refractivity contribution in [3.05, 3.63) is 245 Å². The minimum Gasteiger partial charge on any atom is -0.319 e. The van der Waals surface area contributed by atoms with Crippen molar-refractivity contribution in [2.75, 3.05) is 0 Å². The molecule has 0 aliphatic carbocycles. The van der Waals surface area contributed by atoms with Gasteiger partial charge in [-0.25, -0.2) is 4.85 Å². The topological polar surface area (TPSA) is 38.0 Å². The van der Waals surface area contributed by atoms with Crippen LogP contribution >= 0.6 is 0 Å².